The largest absolute Gasteiger partial charge is 0.324 e. The second-order valence-electron chi connectivity index (χ2n) is 3.28. The molecule has 1 aliphatic carbocycles. The van der Waals surface area contributed by atoms with Gasteiger partial charge in [-0.05, 0) is 19.3 Å². The Balaban J connectivity index is 2.39. The van der Waals surface area contributed by atoms with Crippen LogP contribution < -0.4 is 5.73 Å². The van der Waals surface area contributed by atoms with Crippen molar-refractivity contribution in [3.05, 3.63) is 23.8 Å². The SMILES string of the molecule is NC1CCCCc2ncncc21. The first-order valence-electron chi connectivity index (χ1n) is 4.42. The van der Waals surface area contributed by atoms with E-state index in [0.29, 0.717) is 0 Å². The Kier molecular flexibility index (Phi) is 2.04. The van der Waals surface area contributed by atoms with Crippen molar-refractivity contribution in [1.29, 1.82) is 0 Å². The first-order chi connectivity index (χ1) is 5.88. The van der Waals surface area contributed by atoms with E-state index in [9.17, 15) is 0 Å². The summed E-state index contributed by atoms with van der Waals surface area (Å²) in [6, 6.07) is 0.156. The third-order valence-corrected chi connectivity index (χ3v) is 2.41. The molecule has 1 atom stereocenters. The molecule has 0 saturated heterocycles. The van der Waals surface area contributed by atoms with Crippen molar-refractivity contribution in [2.45, 2.75) is 31.7 Å². The monoisotopic (exact) mass is 163 g/mol. The van der Waals surface area contributed by atoms with E-state index in [2.05, 4.69) is 9.97 Å². The highest BCUT2D eigenvalue weighted by Crippen LogP contribution is 2.23. The first kappa shape index (κ1) is 7.68. The zero-order valence-electron chi connectivity index (χ0n) is 7.03. The van der Waals surface area contributed by atoms with Crippen LogP contribution in [0.5, 0.6) is 0 Å². The first-order valence-corrected chi connectivity index (χ1v) is 4.42. The van der Waals surface area contributed by atoms with Crippen LogP contribution in [0, 0.1) is 0 Å². The predicted molar refractivity (Wildman–Crippen MR) is 46.5 cm³/mol. The van der Waals surface area contributed by atoms with Gasteiger partial charge in [0.2, 0.25) is 0 Å². The molecule has 1 heterocycles. The number of rotatable bonds is 0. The van der Waals surface area contributed by atoms with E-state index in [0.717, 1.165) is 24.1 Å². The van der Waals surface area contributed by atoms with Gasteiger partial charge in [-0.2, -0.15) is 0 Å². The maximum Gasteiger partial charge on any atom is 0.115 e. The van der Waals surface area contributed by atoms with Crippen LogP contribution in [0.4, 0.5) is 0 Å². The molecule has 2 rings (SSSR count). The van der Waals surface area contributed by atoms with E-state index in [4.69, 9.17) is 5.73 Å². The molecule has 12 heavy (non-hydrogen) atoms. The molecule has 0 aromatic carbocycles. The Bertz CT molecular complexity index is 272. The number of fused-ring (bicyclic) bond motifs is 1. The Hall–Kier alpha value is -0.960. The van der Waals surface area contributed by atoms with Gasteiger partial charge in [0.05, 0.1) is 0 Å². The van der Waals surface area contributed by atoms with Crippen LogP contribution in [-0.2, 0) is 6.42 Å². The summed E-state index contributed by atoms with van der Waals surface area (Å²) >= 11 is 0. The van der Waals surface area contributed by atoms with Gasteiger partial charge < -0.3 is 5.73 Å². The average Bonchev–Trinajstić information content (AvgIpc) is 2.29. The summed E-state index contributed by atoms with van der Waals surface area (Å²) in [5, 5.41) is 0. The van der Waals surface area contributed by atoms with Gasteiger partial charge in [-0.15, -0.1) is 0 Å². The number of nitrogens with zero attached hydrogens (tertiary/aromatic N) is 2. The molecule has 0 fully saturated rings. The highest BCUT2D eigenvalue weighted by Gasteiger charge is 2.15. The van der Waals surface area contributed by atoms with Crippen molar-refractivity contribution in [3.63, 3.8) is 0 Å². The van der Waals surface area contributed by atoms with Crippen molar-refractivity contribution in [3.8, 4) is 0 Å². The Morgan fingerprint density at radius 3 is 3.25 bits per heavy atom. The third-order valence-electron chi connectivity index (χ3n) is 2.41. The fourth-order valence-corrected chi connectivity index (χ4v) is 1.70. The van der Waals surface area contributed by atoms with Gasteiger partial charge in [-0.3, -0.25) is 0 Å². The summed E-state index contributed by atoms with van der Waals surface area (Å²) in [7, 11) is 0. The molecule has 0 aliphatic heterocycles. The fourth-order valence-electron chi connectivity index (χ4n) is 1.70. The van der Waals surface area contributed by atoms with Gasteiger partial charge >= 0.3 is 0 Å². The second-order valence-corrected chi connectivity index (χ2v) is 3.28. The van der Waals surface area contributed by atoms with E-state index < -0.39 is 0 Å². The van der Waals surface area contributed by atoms with Gasteiger partial charge in [-0.1, -0.05) is 6.42 Å². The standard InChI is InChI=1S/C9H13N3/c10-8-3-1-2-4-9-7(8)5-11-6-12-9/h5-6,8H,1-4,10H2. The molecule has 0 radical (unpaired) electrons. The Morgan fingerprint density at radius 1 is 1.42 bits per heavy atom. The summed E-state index contributed by atoms with van der Waals surface area (Å²) in [5.74, 6) is 0. The van der Waals surface area contributed by atoms with Crippen LogP contribution in [0.1, 0.15) is 36.6 Å². The predicted octanol–water partition coefficient (Wildman–Crippen LogP) is 1.20. The molecule has 0 saturated carbocycles. The number of hydrogen-bond acceptors (Lipinski definition) is 3. The maximum atomic E-state index is 5.97. The van der Waals surface area contributed by atoms with E-state index >= 15 is 0 Å². The van der Waals surface area contributed by atoms with Gasteiger partial charge in [0, 0.05) is 23.5 Å². The van der Waals surface area contributed by atoms with Crippen LogP contribution in [-0.4, -0.2) is 9.97 Å². The van der Waals surface area contributed by atoms with E-state index in [-0.39, 0.29) is 6.04 Å². The summed E-state index contributed by atoms with van der Waals surface area (Å²) in [6.07, 6.45) is 8.01. The van der Waals surface area contributed by atoms with Crippen LogP contribution in [0.25, 0.3) is 0 Å². The summed E-state index contributed by atoms with van der Waals surface area (Å²) in [5.41, 5.74) is 8.26. The average molecular weight is 163 g/mol. The fraction of sp³-hybridized carbons (Fsp3) is 0.556. The van der Waals surface area contributed by atoms with Crippen LogP contribution in [0.15, 0.2) is 12.5 Å². The van der Waals surface area contributed by atoms with Crippen molar-refractivity contribution >= 4 is 0 Å². The highest BCUT2D eigenvalue weighted by molar-refractivity contribution is 5.21. The van der Waals surface area contributed by atoms with Crippen molar-refractivity contribution < 1.29 is 0 Å². The minimum Gasteiger partial charge on any atom is -0.324 e. The number of nitrogens with two attached hydrogens (primary N) is 1. The normalized spacial score (nSPS) is 22.9. The van der Waals surface area contributed by atoms with Gasteiger partial charge in [-0.25, -0.2) is 9.97 Å². The summed E-state index contributed by atoms with van der Waals surface area (Å²) < 4.78 is 0. The molecule has 1 aliphatic rings. The Labute approximate surface area is 72.0 Å². The number of hydrogen-bond donors (Lipinski definition) is 1. The molecule has 0 bridgehead atoms. The molecule has 2 N–H and O–H groups in total. The van der Waals surface area contributed by atoms with E-state index in [1.807, 2.05) is 6.20 Å². The van der Waals surface area contributed by atoms with Crippen molar-refractivity contribution in [1.82, 2.24) is 9.97 Å². The van der Waals surface area contributed by atoms with Crippen LogP contribution in [0.3, 0.4) is 0 Å². The molecular weight excluding hydrogens is 150 g/mol. The lowest BCUT2D eigenvalue weighted by atomic mass is 10.1. The van der Waals surface area contributed by atoms with Crippen LogP contribution >= 0.6 is 0 Å². The maximum absolute atomic E-state index is 5.97. The quantitative estimate of drug-likeness (QED) is 0.585. The molecule has 1 aromatic heterocycles. The topological polar surface area (TPSA) is 51.8 Å². The number of aryl methyl sites for hydroxylation is 1. The van der Waals surface area contributed by atoms with Gasteiger partial charge in [0.1, 0.15) is 6.33 Å². The lowest BCUT2D eigenvalue weighted by molar-refractivity contribution is 0.614. The zero-order chi connectivity index (χ0) is 8.39. The smallest absolute Gasteiger partial charge is 0.115 e. The van der Waals surface area contributed by atoms with E-state index in [1.165, 1.54) is 12.8 Å². The molecule has 1 aromatic rings. The lowest BCUT2D eigenvalue weighted by Crippen LogP contribution is -2.11. The van der Waals surface area contributed by atoms with Gasteiger partial charge in [0.15, 0.2) is 0 Å². The van der Waals surface area contributed by atoms with Crippen molar-refractivity contribution in [2.75, 3.05) is 0 Å². The van der Waals surface area contributed by atoms with Gasteiger partial charge in [0.25, 0.3) is 0 Å². The molecular formula is C9H13N3. The molecule has 0 amide bonds. The van der Waals surface area contributed by atoms with E-state index in [1.54, 1.807) is 6.33 Å². The zero-order valence-corrected chi connectivity index (χ0v) is 7.03. The lowest BCUT2D eigenvalue weighted by Gasteiger charge is -2.09. The van der Waals surface area contributed by atoms with Crippen molar-refractivity contribution in [2.24, 2.45) is 5.73 Å². The second kappa shape index (κ2) is 3.19. The molecule has 1 unspecified atom stereocenters. The molecule has 3 heteroatoms. The molecule has 0 spiro atoms. The minimum atomic E-state index is 0.156. The highest BCUT2D eigenvalue weighted by atomic mass is 14.8. The molecule has 3 nitrogen and oxygen atoms in total. The Morgan fingerprint density at radius 2 is 2.33 bits per heavy atom. The summed E-state index contributed by atoms with van der Waals surface area (Å²) in [6.45, 7) is 0. The minimum absolute atomic E-state index is 0.156. The van der Waals surface area contributed by atoms with Crippen LogP contribution in [0.2, 0.25) is 0 Å². The molecule has 64 valence electrons. The third kappa shape index (κ3) is 1.32. The summed E-state index contributed by atoms with van der Waals surface area (Å²) in [4.78, 5) is 8.24. The number of aromatic nitrogens is 2.